The van der Waals surface area contributed by atoms with Crippen molar-refractivity contribution in [3.63, 3.8) is 0 Å². The monoisotopic (exact) mass is 329 g/mol. The number of esters is 1. The summed E-state index contributed by atoms with van der Waals surface area (Å²) in [6, 6.07) is 4.32. The van der Waals surface area contributed by atoms with Gasteiger partial charge in [-0.15, -0.1) is 0 Å². The van der Waals surface area contributed by atoms with Crippen LogP contribution in [0, 0.1) is 25.2 Å². The van der Waals surface area contributed by atoms with Crippen molar-refractivity contribution in [2.75, 3.05) is 6.61 Å². The van der Waals surface area contributed by atoms with Crippen molar-refractivity contribution < 1.29 is 14.3 Å². The van der Waals surface area contributed by atoms with Gasteiger partial charge >= 0.3 is 5.97 Å². The number of hydrogen-bond donors (Lipinski definition) is 1. The topological polar surface area (TPSA) is 84.1 Å². The molecule has 0 spiro atoms. The summed E-state index contributed by atoms with van der Waals surface area (Å²) in [5.41, 5.74) is 2.87. The Morgan fingerprint density at radius 2 is 2.12 bits per heavy atom. The normalized spacial score (nSPS) is 14.4. The van der Waals surface area contributed by atoms with E-state index in [1.54, 1.807) is 0 Å². The average molecular weight is 329 g/mol. The molecule has 1 aromatic rings. The molecule has 1 fully saturated rings. The van der Waals surface area contributed by atoms with Crippen molar-refractivity contribution in [3.8, 4) is 6.07 Å². The molecule has 0 saturated heterocycles. The maximum absolute atomic E-state index is 12.0. The molecule has 1 saturated carbocycles. The van der Waals surface area contributed by atoms with Crippen molar-refractivity contribution in [2.45, 2.75) is 52.6 Å². The van der Waals surface area contributed by atoms with Gasteiger partial charge in [-0.3, -0.25) is 4.79 Å². The van der Waals surface area contributed by atoms with E-state index in [1.807, 2.05) is 39.8 Å². The van der Waals surface area contributed by atoms with Gasteiger partial charge < -0.3 is 14.6 Å². The number of aryl methyl sites for hydroxylation is 1. The zero-order chi connectivity index (χ0) is 17.9. The molecule has 24 heavy (non-hydrogen) atoms. The first-order chi connectivity index (χ1) is 11.3. The smallest absolute Gasteiger partial charge is 0.349 e. The summed E-state index contributed by atoms with van der Waals surface area (Å²) >= 11 is 0. The molecule has 0 unspecified atom stereocenters. The first kappa shape index (κ1) is 17.8. The predicted octanol–water partition coefficient (Wildman–Crippen LogP) is 2.41. The zero-order valence-electron chi connectivity index (χ0n) is 14.5. The molecule has 6 heteroatoms. The van der Waals surface area contributed by atoms with E-state index in [0.29, 0.717) is 6.04 Å². The third-order valence-corrected chi connectivity index (χ3v) is 3.86. The Hall–Kier alpha value is -2.55. The van der Waals surface area contributed by atoms with Gasteiger partial charge in [-0.2, -0.15) is 5.26 Å². The molecule has 128 valence electrons. The van der Waals surface area contributed by atoms with Crippen LogP contribution in [0.1, 0.15) is 49.7 Å². The van der Waals surface area contributed by atoms with Crippen molar-refractivity contribution in [1.82, 2.24) is 9.88 Å². The fraction of sp³-hybridized carbons (Fsp3) is 0.500. The lowest BCUT2D eigenvalue weighted by atomic mass is 10.1. The Labute approximate surface area is 142 Å². The second-order valence-corrected chi connectivity index (χ2v) is 6.40. The van der Waals surface area contributed by atoms with Crippen LogP contribution in [-0.2, 0) is 14.3 Å². The summed E-state index contributed by atoms with van der Waals surface area (Å²) in [5, 5.41) is 11.9. The lowest BCUT2D eigenvalue weighted by molar-refractivity contribution is -0.144. The van der Waals surface area contributed by atoms with Gasteiger partial charge in [0.2, 0.25) is 0 Å². The Balaban J connectivity index is 2.09. The number of aromatic nitrogens is 1. The van der Waals surface area contributed by atoms with Crippen LogP contribution >= 0.6 is 0 Å². The Kier molecular flexibility index (Phi) is 5.45. The highest BCUT2D eigenvalue weighted by Gasteiger charge is 2.27. The van der Waals surface area contributed by atoms with Crippen LogP contribution in [0.5, 0.6) is 0 Å². The molecule has 1 N–H and O–H groups in total. The van der Waals surface area contributed by atoms with Crippen LogP contribution in [0.2, 0.25) is 0 Å². The number of rotatable bonds is 6. The highest BCUT2D eigenvalue weighted by Crippen LogP contribution is 2.38. The Morgan fingerprint density at radius 1 is 1.46 bits per heavy atom. The Morgan fingerprint density at radius 3 is 2.67 bits per heavy atom. The number of amides is 1. The van der Waals surface area contributed by atoms with E-state index in [4.69, 9.17) is 4.74 Å². The summed E-state index contributed by atoms with van der Waals surface area (Å²) in [7, 11) is 0. The van der Waals surface area contributed by atoms with Crippen LogP contribution in [0.3, 0.4) is 0 Å². The third kappa shape index (κ3) is 4.25. The summed E-state index contributed by atoms with van der Waals surface area (Å²) in [5.74, 6) is -1.17. The fourth-order valence-corrected chi connectivity index (χ4v) is 2.71. The molecule has 0 aliphatic heterocycles. The highest BCUT2D eigenvalue weighted by atomic mass is 16.5. The second-order valence-electron chi connectivity index (χ2n) is 6.40. The molecule has 2 rings (SSSR count). The van der Waals surface area contributed by atoms with Gasteiger partial charge in [0.1, 0.15) is 11.6 Å². The predicted molar refractivity (Wildman–Crippen MR) is 90.0 cm³/mol. The van der Waals surface area contributed by atoms with Gasteiger partial charge in [-0.05, 0) is 58.2 Å². The Bertz CT molecular complexity index is 719. The minimum Gasteiger partial charge on any atom is -0.451 e. The van der Waals surface area contributed by atoms with Crippen LogP contribution in [0.15, 0.2) is 11.6 Å². The summed E-state index contributed by atoms with van der Waals surface area (Å²) in [6.45, 7) is 7.24. The molecule has 1 amide bonds. The van der Waals surface area contributed by atoms with Crippen molar-refractivity contribution in [2.24, 2.45) is 0 Å². The van der Waals surface area contributed by atoms with Crippen LogP contribution in [0.25, 0.3) is 6.08 Å². The summed E-state index contributed by atoms with van der Waals surface area (Å²) in [6.07, 6.45) is 3.86. The van der Waals surface area contributed by atoms with E-state index in [9.17, 15) is 14.9 Å². The van der Waals surface area contributed by atoms with E-state index >= 15 is 0 Å². The van der Waals surface area contributed by atoms with Gasteiger partial charge in [-0.1, -0.05) is 0 Å². The van der Waals surface area contributed by atoms with Gasteiger partial charge in [0, 0.05) is 23.5 Å². The molecule has 6 nitrogen and oxygen atoms in total. The van der Waals surface area contributed by atoms with Crippen molar-refractivity contribution in [3.05, 3.63) is 28.6 Å². The number of ether oxygens (including phenoxy) is 1. The van der Waals surface area contributed by atoms with E-state index in [2.05, 4.69) is 9.88 Å². The molecule has 0 bridgehead atoms. The highest BCUT2D eigenvalue weighted by molar-refractivity contribution is 5.99. The lowest BCUT2D eigenvalue weighted by Gasteiger charge is -2.08. The molecule has 1 heterocycles. The number of nitrogens with one attached hydrogen (secondary N) is 1. The molecule has 0 atom stereocenters. The molecule has 1 aliphatic carbocycles. The standard InChI is InChI=1S/C18H23N3O3/c1-11(2)20-17(22)10-24-18(23)15(9-19)8-14-7-12(3)21(13(14)4)16-5-6-16/h7-8,11,16H,5-6,10H2,1-4H3,(H,20,22)/b15-8+. The van der Waals surface area contributed by atoms with Gasteiger partial charge in [0.05, 0.1) is 0 Å². The fourth-order valence-electron chi connectivity index (χ4n) is 2.71. The van der Waals surface area contributed by atoms with Gasteiger partial charge in [-0.25, -0.2) is 4.79 Å². The number of nitrogens with zero attached hydrogens (tertiary/aromatic N) is 2. The van der Waals surface area contributed by atoms with Crippen LogP contribution in [0.4, 0.5) is 0 Å². The average Bonchev–Trinajstić information content (AvgIpc) is 3.28. The van der Waals surface area contributed by atoms with E-state index in [0.717, 1.165) is 29.8 Å². The molecular formula is C18H23N3O3. The quantitative estimate of drug-likeness (QED) is 0.493. The summed E-state index contributed by atoms with van der Waals surface area (Å²) in [4.78, 5) is 23.5. The molecule has 0 radical (unpaired) electrons. The maximum atomic E-state index is 12.0. The molecule has 1 aliphatic rings. The number of carbonyl (C=O) groups excluding carboxylic acids is 2. The van der Waals surface area contributed by atoms with Crippen molar-refractivity contribution >= 4 is 18.0 Å². The zero-order valence-corrected chi connectivity index (χ0v) is 14.5. The van der Waals surface area contributed by atoms with Crippen molar-refractivity contribution in [1.29, 1.82) is 5.26 Å². The molecule has 1 aromatic heterocycles. The SMILES string of the molecule is Cc1cc(/C=C(\C#N)C(=O)OCC(=O)NC(C)C)c(C)n1C1CC1. The van der Waals surface area contributed by atoms with E-state index < -0.39 is 12.6 Å². The minimum atomic E-state index is -0.785. The second kappa shape index (κ2) is 7.35. The van der Waals surface area contributed by atoms with Gasteiger partial charge in [0.15, 0.2) is 6.61 Å². The first-order valence-electron chi connectivity index (χ1n) is 8.10. The summed E-state index contributed by atoms with van der Waals surface area (Å²) < 4.78 is 7.16. The van der Waals surface area contributed by atoms with E-state index in [-0.39, 0.29) is 17.5 Å². The lowest BCUT2D eigenvalue weighted by Crippen LogP contribution is -2.34. The number of hydrogen-bond acceptors (Lipinski definition) is 4. The van der Waals surface area contributed by atoms with Crippen LogP contribution in [-0.4, -0.2) is 29.1 Å². The molecular weight excluding hydrogens is 306 g/mol. The molecule has 0 aromatic carbocycles. The maximum Gasteiger partial charge on any atom is 0.349 e. The third-order valence-electron chi connectivity index (χ3n) is 3.86. The number of nitriles is 1. The van der Waals surface area contributed by atoms with Gasteiger partial charge in [0.25, 0.3) is 5.91 Å². The van der Waals surface area contributed by atoms with E-state index in [1.165, 1.54) is 6.08 Å². The number of carbonyl (C=O) groups is 2. The van der Waals surface area contributed by atoms with Crippen LogP contribution < -0.4 is 5.32 Å². The minimum absolute atomic E-state index is 0.0324. The first-order valence-corrected chi connectivity index (χ1v) is 8.10. The largest absolute Gasteiger partial charge is 0.451 e.